The predicted molar refractivity (Wildman–Crippen MR) is 82.5 cm³/mol. The van der Waals surface area contributed by atoms with E-state index in [4.69, 9.17) is 9.47 Å². The summed E-state index contributed by atoms with van der Waals surface area (Å²) in [6.07, 6.45) is 2.16. The summed E-state index contributed by atoms with van der Waals surface area (Å²) in [5.41, 5.74) is 0.646. The number of H-pyrrole nitrogens is 1. The number of para-hydroxylation sites is 1. The molecule has 3 rings (SSSR count). The minimum atomic E-state index is -0.240. The first-order chi connectivity index (χ1) is 9.46. The second-order valence-electron chi connectivity index (χ2n) is 5.24. The van der Waals surface area contributed by atoms with E-state index in [2.05, 4.69) is 9.97 Å². The maximum atomic E-state index is 11.6. The van der Waals surface area contributed by atoms with Gasteiger partial charge in [-0.2, -0.15) is 0 Å². The molecule has 6 heteroatoms. The molecular weight excluding hydrogens is 371 g/mol. The van der Waals surface area contributed by atoms with Gasteiger partial charge in [0.05, 0.1) is 6.33 Å². The van der Waals surface area contributed by atoms with E-state index >= 15 is 0 Å². The molecule has 0 radical (unpaired) electrons. The summed E-state index contributed by atoms with van der Waals surface area (Å²) >= 11 is 1.91. The summed E-state index contributed by atoms with van der Waals surface area (Å²) in [4.78, 5) is 18.1. The first-order valence-electron chi connectivity index (χ1n) is 6.18. The van der Waals surface area contributed by atoms with E-state index in [1.807, 2.05) is 54.6 Å². The zero-order valence-corrected chi connectivity index (χ0v) is 13.2. The van der Waals surface area contributed by atoms with E-state index in [1.165, 1.54) is 6.33 Å². The van der Waals surface area contributed by atoms with Gasteiger partial charge in [-0.15, -0.1) is 0 Å². The number of nitrogens with zero attached hydrogens (tertiary/aromatic N) is 1. The minimum Gasteiger partial charge on any atom is -0.483 e. The lowest BCUT2D eigenvalue weighted by Gasteiger charge is -2.18. The number of hydrogen-bond acceptors (Lipinski definition) is 4. The maximum absolute atomic E-state index is 11.6. The summed E-state index contributed by atoms with van der Waals surface area (Å²) in [6, 6.07) is 5.76. The number of fused-ring (bicyclic) bond motifs is 1. The molecule has 1 aliphatic heterocycles. The zero-order chi connectivity index (χ0) is 14.3. The van der Waals surface area contributed by atoms with Crippen molar-refractivity contribution in [1.82, 2.24) is 9.97 Å². The second-order valence-corrected chi connectivity index (χ2v) is 6.31. The molecule has 0 amide bonds. The topological polar surface area (TPSA) is 64.2 Å². The molecule has 0 bridgehead atoms. The van der Waals surface area contributed by atoms with Crippen molar-refractivity contribution in [3.8, 4) is 17.4 Å². The Balaban J connectivity index is 2.00. The highest BCUT2D eigenvalue weighted by atomic mass is 127. The van der Waals surface area contributed by atoms with Crippen LogP contribution in [0.5, 0.6) is 17.4 Å². The molecule has 2 aromatic rings. The van der Waals surface area contributed by atoms with Gasteiger partial charge in [-0.25, -0.2) is 4.98 Å². The van der Waals surface area contributed by atoms with Gasteiger partial charge in [0.15, 0.2) is 11.5 Å². The van der Waals surface area contributed by atoms with E-state index in [-0.39, 0.29) is 17.0 Å². The van der Waals surface area contributed by atoms with Gasteiger partial charge < -0.3 is 14.5 Å². The number of aromatic nitrogens is 2. The number of hydrogen-bond donors (Lipinski definition) is 1. The monoisotopic (exact) mass is 384 g/mol. The van der Waals surface area contributed by atoms with Gasteiger partial charge in [-0.3, -0.25) is 4.79 Å². The number of aromatic amines is 1. The van der Waals surface area contributed by atoms with E-state index in [9.17, 15) is 4.79 Å². The minimum absolute atomic E-state index is 0.218. The molecule has 1 N–H and O–H groups in total. The molecule has 104 valence electrons. The summed E-state index contributed by atoms with van der Waals surface area (Å²) < 4.78 is 12.1. The Morgan fingerprint density at radius 2 is 2.25 bits per heavy atom. The van der Waals surface area contributed by atoms with E-state index < -0.39 is 0 Å². The van der Waals surface area contributed by atoms with Crippen LogP contribution in [0.2, 0.25) is 0 Å². The lowest BCUT2D eigenvalue weighted by Crippen LogP contribution is -2.24. The van der Waals surface area contributed by atoms with Gasteiger partial charge in [-0.1, -0.05) is 12.1 Å². The van der Waals surface area contributed by atoms with Crippen LogP contribution < -0.4 is 15.0 Å². The van der Waals surface area contributed by atoms with Crippen LogP contribution in [0.25, 0.3) is 0 Å². The van der Waals surface area contributed by atoms with Crippen molar-refractivity contribution < 1.29 is 9.47 Å². The van der Waals surface area contributed by atoms with Crippen molar-refractivity contribution in [1.29, 1.82) is 0 Å². The van der Waals surface area contributed by atoms with Gasteiger partial charge in [0.25, 0.3) is 5.56 Å². The fourth-order valence-electron chi connectivity index (χ4n) is 2.21. The van der Waals surface area contributed by atoms with Crippen LogP contribution in [0, 0.1) is 3.57 Å². The number of ether oxygens (including phenoxy) is 2. The van der Waals surface area contributed by atoms with E-state index in [0.717, 1.165) is 17.7 Å². The summed E-state index contributed by atoms with van der Waals surface area (Å²) in [7, 11) is 0. The van der Waals surface area contributed by atoms with E-state index in [1.54, 1.807) is 0 Å². The quantitative estimate of drug-likeness (QED) is 0.809. The van der Waals surface area contributed by atoms with Crippen LogP contribution >= 0.6 is 22.6 Å². The molecule has 0 aliphatic carbocycles. The molecule has 0 atom stereocenters. The van der Waals surface area contributed by atoms with Crippen LogP contribution in [-0.4, -0.2) is 15.6 Å². The highest BCUT2D eigenvalue weighted by molar-refractivity contribution is 14.1. The van der Waals surface area contributed by atoms with Crippen LogP contribution in [0.1, 0.15) is 19.4 Å². The molecule has 0 fully saturated rings. The van der Waals surface area contributed by atoms with Crippen LogP contribution in [0.4, 0.5) is 0 Å². The number of rotatable bonds is 2. The van der Waals surface area contributed by atoms with Crippen LogP contribution in [0.3, 0.4) is 0 Å². The molecule has 2 heterocycles. The third kappa shape index (κ3) is 2.39. The average Bonchev–Trinajstić information content (AvgIpc) is 2.70. The smallest absolute Gasteiger partial charge is 0.268 e. The van der Waals surface area contributed by atoms with Crippen molar-refractivity contribution in [2.75, 3.05) is 0 Å². The highest BCUT2D eigenvalue weighted by Gasteiger charge is 2.32. The lowest BCUT2D eigenvalue weighted by molar-refractivity contribution is 0.135. The SMILES string of the molecule is CC1(C)Cc2cccc(Oc3nc[nH]c(=O)c3I)c2O1. The molecule has 20 heavy (non-hydrogen) atoms. The Morgan fingerprint density at radius 1 is 1.45 bits per heavy atom. The first kappa shape index (κ1) is 13.4. The zero-order valence-electron chi connectivity index (χ0n) is 11.1. The summed E-state index contributed by atoms with van der Waals surface area (Å²) in [5.74, 6) is 1.61. The molecule has 1 aliphatic rings. The third-order valence-corrected chi connectivity index (χ3v) is 3.98. The van der Waals surface area contributed by atoms with Crippen molar-refractivity contribution in [2.24, 2.45) is 0 Å². The van der Waals surface area contributed by atoms with Gasteiger partial charge in [-0.05, 0) is 42.5 Å². The van der Waals surface area contributed by atoms with Crippen molar-refractivity contribution in [2.45, 2.75) is 25.9 Å². The van der Waals surface area contributed by atoms with Gasteiger partial charge in [0, 0.05) is 12.0 Å². The average molecular weight is 384 g/mol. The normalized spacial score (nSPS) is 15.6. The number of benzene rings is 1. The van der Waals surface area contributed by atoms with Crippen molar-refractivity contribution >= 4 is 22.6 Å². The molecule has 0 saturated heterocycles. The molecule has 0 unspecified atom stereocenters. The highest BCUT2D eigenvalue weighted by Crippen LogP contribution is 2.43. The molecule has 5 nitrogen and oxygen atoms in total. The number of nitrogens with one attached hydrogen (secondary N) is 1. The number of halogens is 1. The van der Waals surface area contributed by atoms with Crippen LogP contribution in [-0.2, 0) is 6.42 Å². The Hall–Kier alpha value is -1.57. The van der Waals surface area contributed by atoms with Gasteiger partial charge in [0.2, 0.25) is 5.88 Å². The lowest BCUT2D eigenvalue weighted by atomic mass is 10.0. The predicted octanol–water partition coefficient (Wildman–Crippen LogP) is 2.88. The Morgan fingerprint density at radius 3 is 3.05 bits per heavy atom. The summed E-state index contributed by atoms with van der Waals surface area (Å²) in [6.45, 7) is 4.07. The van der Waals surface area contributed by atoms with Crippen molar-refractivity contribution in [3.63, 3.8) is 0 Å². The van der Waals surface area contributed by atoms with Crippen molar-refractivity contribution in [3.05, 3.63) is 44.0 Å². The van der Waals surface area contributed by atoms with E-state index in [0.29, 0.717) is 9.32 Å². The second kappa shape index (κ2) is 4.76. The molecule has 1 aromatic heterocycles. The molecule has 0 saturated carbocycles. The fourth-order valence-corrected chi connectivity index (χ4v) is 2.61. The molecule has 1 aromatic carbocycles. The fraction of sp³-hybridized carbons (Fsp3) is 0.286. The molecular formula is C14H13IN2O3. The Labute approximate surface area is 129 Å². The third-order valence-electron chi connectivity index (χ3n) is 3.03. The standard InChI is InChI=1S/C14H13IN2O3/c1-14(2)6-8-4-3-5-9(11(8)20-14)19-13-10(15)12(18)16-7-17-13/h3-5,7H,6H2,1-2H3,(H,16,17,18). The molecule has 0 spiro atoms. The Bertz CT molecular complexity index is 725. The first-order valence-corrected chi connectivity index (χ1v) is 7.26. The summed E-state index contributed by atoms with van der Waals surface area (Å²) in [5, 5.41) is 0. The van der Waals surface area contributed by atoms with Gasteiger partial charge >= 0.3 is 0 Å². The maximum Gasteiger partial charge on any atom is 0.268 e. The van der Waals surface area contributed by atoms with Crippen LogP contribution in [0.15, 0.2) is 29.3 Å². The Kier molecular flexibility index (Phi) is 3.19. The largest absolute Gasteiger partial charge is 0.483 e. The van der Waals surface area contributed by atoms with Gasteiger partial charge in [0.1, 0.15) is 9.17 Å².